The minimum absolute atomic E-state index is 0.113. The first-order valence-electron chi connectivity index (χ1n) is 7.26. The van der Waals surface area contributed by atoms with Gasteiger partial charge in [-0.2, -0.15) is 0 Å². The van der Waals surface area contributed by atoms with Crippen LogP contribution in [0.15, 0.2) is 23.1 Å². The zero-order valence-electron chi connectivity index (χ0n) is 11.7. The quantitative estimate of drug-likeness (QED) is 0.882. The second-order valence-electron chi connectivity index (χ2n) is 5.60. The van der Waals surface area contributed by atoms with Crippen LogP contribution in [0.4, 0.5) is 9.18 Å². The Balaban J connectivity index is 1.69. The molecule has 2 heterocycles. The molecule has 2 atom stereocenters. The number of aliphatic hydroxyl groups is 1. The minimum atomic E-state index is -0.267. The van der Waals surface area contributed by atoms with Gasteiger partial charge in [-0.25, -0.2) is 9.18 Å². The Morgan fingerprint density at radius 3 is 3.10 bits per heavy atom. The van der Waals surface area contributed by atoms with Crippen LogP contribution in [0, 0.1) is 11.7 Å². The number of carbonyl (C=O) groups is 1. The standard InChI is InChI=1S/C15H19FN2O2S/c16-11-1-2-14-12(7-11)13(4-6-21-14)17-15(20)18-5-3-10(8-18)9-19/h1-2,7,10,13,19H,3-6,8-9H2,(H,17,20). The Hall–Kier alpha value is -1.27. The Bertz CT molecular complexity index is 540. The second kappa shape index (κ2) is 6.23. The second-order valence-corrected chi connectivity index (χ2v) is 6.74. The molecule has 0 bridgehead atoms. The van der Waals surface area contributed by atoms with E-state index in [1.54, 1.807) is 22.7 Å². The van der Waals surface area contributed by atoms with Crippen molar-refractivity contribution in [1.82, 2.24) is 10.2 Å². The summed E-state index contributed by atoms with van der Waals surface area (Å²) >= 11 is 1.70. The number of benzene rings is 1. The number of nitrogens with one attached hydrogen (secondary N) is 1. The number of hydrogen-bond acceptors (Lipinski definition) is 3. The molecule has 1 saturated heterocycles. The van der Waals surface area contributed by atoms with Gasteiger partial charge < -0.3 is 15.3 Å². The van der Waals surface area contributed by atoms with Crippen LogP contribution < -0.4 is 5.32 Å². The molecule has 2 aliphatic rings. The highest BCUT2D eigenvalue weighted by Gasteiger charge is 2.29. The Labute approximate surface area is 127 Å². The number of nitrogens with zero attached hydrogens (tertiary/aromatic N) is 1. The third-order valence-corrected chi connectivity index (χ3v) is 5.26. The first-order valence-corrected chi connectivity index (χ1v) is 8.24. The van der Waals surface area contributed by atoms with Gasteiger partial charge in [0.2, 0.25) is 0 Å². The van der Waals surface area contributed by atoms with Crippen molar-refractivity contribution in [1.29, 1.82) is 0 Å². The average molecular weight is 310 g/mol. The van der Waals surface area contributed by atoms with Crippen molar-refractivity contribution in [2.45, 2.75) is 23.8 Å². The predicted molar refractivity (Wildman–Crippen MR) is 79.8 cm³/mol. The Morgan fingerprint density at radius 1 is 1.48 bits per heavy atom. The summed E-state index contributed by atoms with van der Waals surface area (Å²) in [6.07, 6.45) is 1.65. The van der Waals surface area contributed by atoms with Gasteiger partial charge in [-0.05, 0) is 36.6 Å². The largest absolute Gasteiger partial charge is 0.396 e. The number of urea groups is 1. The maximum Gasteiger partial charge on any atom is 0.317 e. The van der Waals surface area contributed by atoms with Gasteiger partial charge in [-0.3, -0.25) is 0 Å². The highest BCUT2D eigenvalue weighted by Crippen LogP contribution is 2.36. The van der Waals surface area contributed by atoms with Crippen molar-refractivity contribution in [3.05, 3.63) is 29.6 Å². The highest BCUT2D eigenvalue weighted by atomic mass is 32.2. The molecule has 0 saturated carbocycles. The number of thioether (sulfide) groups is 1. The fourth-order valence-corrected chi connectivity index (χ4v) is 4.03. The maximum atomic E-state index is 13.4. The lowest BCUT2D eigenvalue weighted by Crippen LogP contribution is -2.41. The molecule has 114 valence electrons. The van der Waals surface area contributed by atoms with Crippen LogP contribution in [-0.4, -0.2) is 41.5 Å². The van der Waals surface area contributed by atoms with E-state index in [4.69, 9.17) is 5.11 Å². The summed E-state index contributed by atoms with van der Waals surface area (Å²) in [6.45, 7) is 1.40. The van der Waals surface area contributed by atoms with Crippen molar-refractivity contribution < 1.29 is 14.3 Å². The summed E-state index contributed by atoms with van der Waals surface area (Å²) in [6, 6.07) is 4.52. The normalized spacial score (nSPS) is 24.8. The molecule has 2 unspecified atom stereocenters. The maximum absolute atomic E-state index is 13.4. The summed E-state index contributed by atoms with van der Waals surface area (Å²) < 4.78 is 13.4. The summed E-state index contributed by atoms with van der Waals surface area (Å²) in [5.41, 5.74) is 0.873. The van der Waals surface area contributed by atoms with Gasteiger partial charge in [0.25, 0.3) is 0 Å². The van der Waals surface area contributed by atoms with Crippen molar-refractivity contribution in [3.8, 4) is 0 Å². The van der Waals surface area contributed by atoms with E-state index in [1.807, 2.05) is 0 Å². The van der Waals surface area contributed by atoms with Gasteiger partial charge in [-0.1, -0.05) is 0 Å². The van der Waals surface area contributed by atoms with Crippen LogP contribution in [0.3, 0.4) is 0 Å². The fraction of sp³-hybridized carbons (Fsp3) is 0.533. The molecule has 1 aromatic rings. The van der Waals surface area contributed by atoms with Crippen molar-refractivity contribution in [2.24, 2.45) is 5.92 Å². The SMILES string of the molecule is O=C(NC1CCSc2ccc(F)cc21)N1CCC(CO)C1. The molecule has 1 fully saturated rings. The summed E-state index contributed by atoms with van der Waals surface area (Å²) in [5.74, 6) is 0.836. The van der Waals surface area contributed by atoms with E-state index >= 15 is 0 Å². The van der Waals surface area contributed by atoms with E-state index in [1.165, 1.54) is 12.1 Å². The van der Waals surface area contributed by atoms with Gasteiger partial charge >= 0.3 is 6.03 Å². The molecule has 21 heavy (non-hydrogen) atoms. The molecule has 0 radical (unpaired) electrons. The number of carbonyl (C=O) groups excluding carboxylic acids is 1. The highest BCUT2D eigenvalue weighted by molar-refractivity contribution is 7.99. The molecule has 2 aliphatic heterocycles. The van der Waals surface area contributed by atoms with E-state index in [2.05, 4.69) is 5.32 Å². The number of halogens is 1. The van der Waals surface area contributed by atoms with E-state index < -0.39 is 0 Å². The molecule has 6 heteroatoms. The van der Waals surface area contributed by atoms with Gasteiger partial charge in [0.15, 0.2) is 0 Å². The first-order chi connectivity index (χ1) is 10.2. The summed E-state index contributed by atoms with van der Waals surface area (Å²) in [7, 11) is 0. The molecule has 4 nitrogen and oxygen atoms in total. The lowest BCUT2D eigenvalue weighted by molar-refractivity contribution is 0.194. The zero-order valence-corrected chi connectivity index (χ0v) is 12.5. The molecule has 3 rings (SSSR count). The van der Waals surface area contributed by atoms with E-state index in [0.717, 1.165) is 29.1 Å². The third-order valence-electron chi connectivity index (χ3n) is 4.14. The number of likely N-dealkylation sites (tertiary alicyclic amines) is 1. The van der Waals surface area contributed by atoms with Gasteiger partial charge in [-0.15, -0.1) is 11.8 Å². The summed E-state index contributed by atoms with van der Waals surface area (Å²) in [5, 5.41) is 12.2. The first kappa shape index (κ1) is 14.7. The van der Waals surface area contributed by atoms with Gasteiger partial charge in [0.05, 0.1) is 6.04 Å². The molecular weight excluding hydrogens is 291 g/mol. The van der Waals surface area contributed by atoms with E-state index in [-0.39, 0.29) is 30.4 Å². The third kappa shape index (κ3) is 3.16. The molecule has 2 N–H and O–H groups in total. The van der Waals surface area contributed by atoms with Crippen LogP contribution in [0.5, 0.6) is 0 Å². The average Bonchev–Trinajstić information content (AvgIpc) is 2.97. The lowest BCUT2D eigenvalue weighted by Gasteiger charge is -2.28. The van der Waals surface area contributed by atoms with Gasteiger partial charge in [0.1, 0.15) is 5.82 Å². The fourth-order valence-electron chi connectivity index (χ4n) is 2.92. The molecular formula is C15H19FN2O2S. The molecule has 2 amide bonds. The van der Waals surface area contributed by atoms with Crippen LogP contribution in [0.25, 0.3) is 0 Å². The predicted octanol–water partition coefficient (Wildman–Crippen LogP) is 2.39. The molecule has 0 aromatic heterocycles. The number of fused-ring (bicyclic) bond motifs is 1. The monoisotopic (exact) mass is 310 g/mol. The number of rotatable bonds is 2. The molecule has 1 aromatic carbocycles. The van der Waals surface area contributed by atoms with Gasteiger partial charge in [0, 0.05) is 36.3 Å². The minimum Gasteiger partial charge on any atom is -0.396 e. The summed E-state index contributed by atoms with van der Waals surface area (Å²) in [4.78, 5) is 15.1. The van der Waals surface area contributed by atoms with Crippen molar-refractivity contribution in [3.63, 3.8) is 0 Å². The topological polar surface area (TPSA) is 52.6 Å². The zero-order chi connectivity index (χ0) is 14.8. The number of amides is 2. The van der Waals surface area contributed by atoms with Crippen molar-refractivity contribution in [2.75, 3.05) is 25.4 Å². The lowest BCUT2D eigenvalue weighted by atomic mass is 10.0. The Morgan fingerprint density at radius 2 is 2.33 bits per heavy atom. The smallest absolute Gasteiger partial charge is 0.317 e. The number of aliphatic hydroxyl groups excluding tert-OH is 1. The van der Waals surface area contributed by atoms with Crippen LogP contribution in [0.1, 0.15) is 24.4 Å². The number of hydrogen-bond donors (Lipinski definition) is 2. The Kier molecular flexibility index (Phi) is 4.35. The molecule has 0 spiro atoms. The molecule has 0 aliphatic carbocycles. The van der Waals surface area contributed by atoms with Crippen LogP contribution in [0.2, 0.25) is 0 Å². The van der Waals surface area contributed by atoms with E-state index in [0.29, 0.717) is 13.1 Å². The van der Waals surface area contributed by atoms with Crippen molar-refractivity contribution >= 4 is 17.8 Å². The van der Waals surface area contributed by atoms with Crippen LogP contribution >= 0.6 is 11.8 Å². The van der Waals surface area contributed by atoms with E-state index in [9.17, 15) is 9.18 Å². The van der Waals surface area contributed by atoms with Crippen LogP contribution in [-0.2, 0) is 0 Å².